The third-order valence-electron chi connectivity index (χ3n) is 2.80. The summed E-state index contributed by atoms with van der Waals surface area (Å²) < 4.78 is 0. The van der Waals surface area contributed by atoms with Gasteiger partial charge in [-0.3, -0.25) is 14.7 Å². The molecule has 0 bridgehead atoms. The van der Waals surface area contributed by atoms with E-state index in [-0.39, 0.29) is 18.4 Å². The van der Waals surface area contributed by atoms with Crippen molar-refractivity contribution in [3.63, 3.8) is 0 Å². The lowest BCUT2D eigenvalue weighted by Crippen LogP contribution is -2.50. The number of carbonyl (C=O) groups excluding carboxylic acids is 2. The summed E-state index contributed by atoms with van der Waals surface area (Å²) in [6.07, 6.45) is 1.50. The normalized spacial score (nSPS) is 16.8. The Kier molecular flexibility index (Phi) is 2.64. The molecule has 1 aromatic rings. The molecule has 1 saturated heterocycles. The van der Waals surface area contributed by atoms with Crippen LogP contribution in [0.3, 0.4) is 0 Å². The van der Waals surface area contributed by atoms with Crippen molar-refractivity contribution in [2.24, 2.45) is 0 Å². The minimum atomic E-state index is -0.132. The van der Waals surface area contributed by atoms with Gasteiger partial charge in [0.25, 0.3) is 5.91 Å². The van der Waals surface area contributed by atoms with Gasteiger partial charge >= 0.3 is 0 Å². The monoisotopic (exact) mass is 222 g/mol. The first-order valence-electron chi connectivity index (χ1n) is 5.13. The summed E-state index contributed by atoms with van der Waals surface area (Å²) >= 11 is 0. The number of nitrogens with zero attached hydrogens (tertiary/aromatic N) is 3. The van der Waals surface area contributed by atoms with Crippen molar-refractivity contribution in [2.45, 2.75) is 6.92 Å². The van der Waals surface area contributed by atoms with Crippen molar-refractivity contribution in [3.8, 4) is 0 Å². The summed E-state index contributed by atoms with van der Waals surface area (Å²) in [5.74, 6) is -0.159. The molecule has 1 aromatic heterocycles. The zero-order valence-electron chi connectivity index (χ0n) is 9.36. The number of piperazine rings is 1. The van der Waals surface area contributed by atoms with Gasteiger partial charge in [0.15, 0.2) is 0 Å². The maximum atomic E-state index is 12.0. The first-order chi connectivity index (χ1) is 7.59. The molecular weight excluding hydrogens is 208 g/mol. The maximum Gasteiger partial charge on any atom is 0.257 e. The molecule has 0 unspecified atom stereocenters. The highest BCUT2D eigenvalue weighted by atomic mass is 16.2. The molecule has 1 aliphatic heterocycles. The van der Waals surface area contributed by atoms with Crippen LogP contribution in [-0.4, -0.2) is 58.5 Å². The van der Waals surface area contributed by atoms with Crippen LogP contribution in [0.2, 0.25) is 0 Å². The van der Waals surface area contributed by atoms with Gasteiger partial charge in [-0.1, -0.05) is 0 Å². The molecule has 0 spiro atoms. The molecule has 1 fully saturated rings. The Morgan fingerprint density at radius 1 is 1.50 bits per heavy atom. The van der Waals surface area contributed by atoms with Crippen molar-refractivity contribution in [1.29, 1.82) is 0 Å². The number of likely N-dealkylation sites (N-methyl/N-ethyl adjacent to an activating group) is 1. The van der Waals surface area contributed by atoms with Crippen molar-refractivity contribution in [1.82, 2.24) is 20.0 Å². The van der Waals surface area contributed by atoms with Gasteiger partial charge in [0.05, 0.1) is 11.8 Å². The van der Waals surface area contributed by atoms with Crippen LogP contribution in [-0.2, 0) is 4.79 Å². The lowest BCUT2D eigenvalue weighted by Gasteiger charge is -2.31. The highest BCUT2D eigenvalue weighted by molar-refractivity contribution is 5.97. The third kappa shape index (κ3) is 1.78. The maximum absolute atomic E-state index is 12.0. The van der Waals surface area contributed by atoms with Gasteiger partial charge in [0.1, 0.15) is 6.54 Å². The number of aryl methyl sites for hydroxylation is 1. The first-order valence-corrected chi connectivity index (χ1v) is 5.13. The number of nitrogens with one attached hydrogen (secondary N) is 1. The second-order valence-electron chi connectivity index (χ2n) is 3.95. The lowest BCUT2D eigenvalue weighted by molar-refractivity contribution is -0.133. The summed E-state index contributed by atoms with van der Waals surface area (Å²) in [7, 11) is 1.74. The van der Waals surface area contributed by atoms with Crippen LogP contribution in [0.5, 0.6) is 0 Å². The number of hydrogen-bond acceptors (Lipinski definition) is 3. The predicted molar refractivity (Wildman–Crippen MR) is 56.9 cm³/mol. The standard InChI is InChI=1S/C10H14N4O2/c1-7-8(5-11-12-7)10(16)14-4-3-13(2)9(15)6-14/h5H,3-4,6H2,1-2H3,(H,11,12). The first kappa shape index (κ1) is 10.7. The highest BCUT2D eigenvalue weighted by Gasteiger charge is 2.26. The van der Waals surface area contributed by atoms with Gasteiger partial charge < -0.3 is 9.80 Å². The van der Waals surface area contributed by atoms with Gasteiger partial charge in [-0.25, -0.2) is 0 Å². The molecule has 0 radical (unpaired) electrons. The van der Waals surface area contributed by atoms with Crippen molar-refractivity contribution < 1.29 is 9.59 Å². The molecule has 0 aliphatic carbocycles. The van der Waals surface area contributed by atoms with E-state index in [1.807, 2.05) is 0 Å². The van der Waals surface area contributed by atoms with Crippen LogP contribution < -0.4 is 0 Å². The van der Waals surface area contributed by atoms with E-state index < -0.39 is 0 Å². The van der Waals surface area contributed by atoms with Crippen LogP contribution >= 0.6 is 0 Å². The Balaban J connectivity index is 2.12. The van der Waals surface area contributed by atoms with Crippen LogP contribution in [0.25, 0.3) is 0 Å². The van der Waals surface area contributed by atoms with Gasteiger partial charge in [0, 0.05) is 25.8 Å². The van der Waals surface area contributed by atoms with Crippen LogP contribution in [0.1, 0.15) is 16.1 Å². The fourth-order valence-corrected chi connectivity index (χ4v) is 1.67. The van der Waals surface area contributed by atoms with Crippen LogP contribution in [0.15, 0.2) is 6.20 Å². The van der Waals surface area contributed by atoms with Gasteiger partial charge in [0.2, 0.25) is 5.91 Å². The van der Waals surface area contributed by atoms with E-state index in [1.54, 1.807) is 23.8 Å². The molecule has 6 nitrogen and oxygen atoms in total. The van der Waals surface area contributed by atoms with Gasteiger partial charge in [-0.05, 0) is 6.92 Å². The molecule has 6 heteroatoms. The SMILES string of the molecule is Cc1[nH]ncc1C(=O)N1CCN(C)C(=O)C1. The van der Waals surface area contributed by atoms with Crippen molar-refractivity contribution in [2.75, 3.05) is 26.7 Å². The van der Waals surface area contributed by atoms with Crippen LogP contribution in [0, 0.1) is 6.92 Å². The molecule has 2 rings (SSSR count). The predicted octanol–water partition coefficient (Wildman–Crippen LogP) is -0.368. The average Bonchev–Trinajstić information content (AvgIpc) is 2.67. The van der Waals surface area contributed by atoms with Crippen molar-refractivity contribution >= 4 is 11.8 Å². The van der Waals surface area contributed by atoms with E-state index in [0.717, 1.165) is 5.69 Å². The minimum absolute atomic E-state index is 0.0271. The second-order valence-corrected chi connectivity index (χ2v) is 3.95. The smallest absolute Gasteiger partial charge is 0.257 e. The molecule has 1 N–H and O–H groups in total. The number of hydrogen-bond donors (Lipinski definition) is 1. The molecule has 0 saturated carbocycles. The zero-order chi connectivity index (χ0) is 11.7. The van der Waals surface area contributed by atoms with E-state index in [4.69, 9.17) is 0 Å². The second kappa shape index (κ2) is 3.96. The number of carbonyl (C=O) groups is 2. The van der Waals surface area contributed by atoms with Crippen molar-refractivity contribution in [3.05, 3.63) is 17.5 Å². The van der Waals surface area contributed by atoms with Gasteiger partial charge in [-0.15, -0.1) is 0 Å². The summed E-state index contributed by atoms with van der Waals surface area (Å²) in [6, 6.07) is 0. The summed E-state index contributed by atoms with van der Waals surface area (Å²) in [6.45, 7) is 3.10. The molecule has 0 aromatic carbocycles. The topological polar surface area (TPSA) is 69.3 Å². The van der Waals surface area contributed by atoms with E-state index >= 15 is 0 Å². The Bertz CT molecular complexity index is 426. The Labute approximate surface area is 93.2 Å². The number of rotatable bonds is 1. The molecule has 2 amide bonds. The number of aromatic amines is 1. The number of aromatic nitrogens is 2. The third-order valence-corrected chi connectivity index (χ3v) is 2.80. The molecule has 1 aliphatic rings. The zero-order valence-corrected chi connectivity index (χ0v) is 9.36. The van der Waals surface area contributed by atoms with Crippen LogP contribution in [0.4, 0.5) is 0 Å². The molecule has 86 valence electrons. The highest BCUT2D eigenvalue weighted by Crippen LogP contribution is 2.10. The fraction of sp³-hybridized carbons (Fsp3) is 0.500. The quantitative estimate of drug-likeness (QED) is 0.705. The van der Waals surface area contributed by atoms with E-state index in [1.165, 1.54) is 6.20 Å². The van der Waals surface area contributed by atoms with E-state index in [9.17, 15) is 9.59 Å². The Morgan fingerprint density at radius 3 is 2.81 bits per heavy atom. The molecular formula is C10H14N4O2. The lowest BCUT2D eigenvalue weighted by atomic mass is 10.2. The van der Waals surface area contributed by atoms with E-state index in [2.05, 4.69) is 10.2 Å². The summed E-state index contributed by atoms with van der Waals surface area (Å²) in [4.78, 5) is 26.7. The molecule has 0 atom stereocenters. The average molecular weight is 222 g/mol. The minimum Gasteiger partial charge on any atom is -0.342 e. The fourth-order valence-electron chi connectivity index (χ4n) is 1.67. The Hall–Kier alpha value is -1.85. The number of amides is 2. The van der Waals surface area contributed by atoms with Gasteiger partial charge in [-0.2, -0.15) is 5.10 Å². The Morgan fingerprint density at radius 2 is 2.25 bits per heavy atom. The number of H-pyrrole nitrogens is 1. The molecule has 2 heterocycles. The molecule has 16 heavy (non-hydrogen) atoms. The summed E-state index contributed by atoms with van der Waals surface area (Å²) in [5.41, 5.74) is 1.27. The summed E-state index contributed by atoms with van der Waals surface area (Å²) in [5, 5.41) is 6.52. The largest absolute Gasteiger partial charge is 0.342 e. The van der Waals surface area contributed by atoms with E-state index in [0.29, 0.717) is 18.7 Å².